The van der Waals surface area contributed by atoms with Crippen molar-refractivity contribution in [2.45, 2.75) is 19.3 Å². The minimum atomic E-state index is 0.0829. The number of hydrogen-bond acceptors (Lipinski definition) is 3. The molecule has 1 aromatic heterocycles. The van der Waals surface area contributed by atoms with Crippen molar-refractivity contribution in [3.05, 3.63) is 54.4 Å². The minimum absolute atomic E-state index is 0.0829. The van der Waals surface area contributed by atoms with Crippen LogP contribution in [0.2, 0.25) is 0 Å². The molecule has 5 nitrogen and oxygen atoms in total. The topological polar surface area (TPSA) is 47.4 Å². The van der Waals surface area contributed by atoms with Crippen LogP contribution in [0.15, 0.2) is 48.5 Å². The molecule has 1 unspecified atom stereocenters. The second-order valence-corrected chi connectivity index (χ2v) is 6.32. The highest BCUT2D eigenvalue weighted by atomic mass is 16.5. The summed E-state index contributed by atoms with van der Waals surface area (Å²) < 4.78 is 7.80. The van der Waals surface area contributed by atoms with Crippen molar-refractivity contribution in [2.24, 2.45) is 7.05 Å². The maximum atomic E-state index is 12.7. The number of aryl methyl sites for hydroxylation is 1. The first-order chi connectivity index (χ1) is 12.2. The molecule has 0 N–H and O–H groups in total. The molecule has 0 radical (unpaired) electrons. The first kappa shape index (κ1) is 15.7. The maximum absolute atomic E-state index is 12.7. The summed E-state index contributed by atoms with van der Waals surface area (Å²) in [6.45, 7) is 3.15. The second-order valence-electron chi connectivity index (χ2n) is 6.32. The molecule has 0 aliphatic carbocycles. The van der Waals surface area contributed by atoms with Gasteiger partial charge in [-0.3, -0.25) is 4.79 Å². The summed E-state index contributed by atoms with van der Waals surface area (Å²) in [5, 5.41) is 0. The van der Waals surface area contributed by atoms with Crippen LogP contribution in [0.25, 0.3) is 11.0 Å². The summed E-state index contributed by atoms with van der Waals surface area (Å²) in [6.07, 6.45) is 0.470. The molecule has 0 saturated carbocycles. The van der Waals surface area contributed by atoms with E-state index in [9.17, 15) is 4.79 Å². The molecule has 1 amide bonds. The molecule has 5 heteroatoms. The summed E-state index contributed by atoms with van der Waals surface area (Å²) in [6, 6.07) is 15.8. The Morgan fingerprint density at radius 1 is 1.16 bits per heavy atom. The first-order valence-electron chi connectivity index (χ1n) is 8.62. The van der Waals surface area contributed by atoms with Gasteiger partial charge >= 0.3 is 0 Å². The van der Waals surface area contributed by atoms with E-state index in [1.54, 1.807) is 0 Å². The van der Waals surface area contributed by atoms with Crippen LogP contribution in [0.3, 0.4) is 0 Å². The summed E-state index contributed by atoms with van der Waals surface area (Å²) in [5.74, 6) is 1.92. The van der Waals surface area contributed by atoms with Gasteiger partial charge in [-0.15, -0.1) is 0 Å². The molecular formula is C20H21N3O2. The molecule has 1 fully saturated rings. The van der Waals surface area contributed by atoms with E-state index in [1.165, 1.54) is 0 Å². The van der Waals surface area contributed by atoms with Gasteiger partial charge in [-0.1, -0.05) is 24.3 Å². The van der Waals surface area contributed by atoms with Gasteiger partial charge in [0, 0.05) is 25.9 Å². The molecule has 2 heterocycles. The number of imidazole rings is 1. The predicted octanol–water partition coefficient (Wildman–Crippen LogP) is 3.49. The number of benzene rings is 2. The van der Waals surface area contributed by atoms with E-state index in [0.29, 0.717) is 19.6 Å². The van der Waals surface area contributed by atoms with Crippen molar-refractivity contribution in [3.8, 4) is 5.75 Å². The number of para-hydroxylation sites is 4. The number of amides is 1. The van der Waals surface area contributed by atoms with Crippen molar-refractivity contribution in [1.29, 1.82) is 0 Å². The largest absolute Gasteiger partial charge is 0.492 e. The van der Waals surface area contributed by atoms with E-state index in [2.05, 4.69) is 10.6 Å². The van der Waals surface area contributed by atoms with Gasteiger partial charge < -0.3 is 14.2 Å². The fourth-order valence-electron chi connectivity index (χ4n) is 3.60. The molecular weight excluding hydrogens is 314 g/mol. The maximum Gasteiger partial charge on any atom is 0.227 e. The lowest BCUT2D eigenvalue weighted by Gasteiger charge is -2.20. The quantitative estimate of drug-likeness (QED) is 0.733. The molecule has 0 spiro atoms. The molecule has 0 bridgehead atoms. The van der Waals surface area contributed by atoms with Gasteiger partial charge in [-0.25, -0.2) is 4.98 Å². The molecule has 1 aliphatic rings. The van der Waals surface area contributed by atoms with Gasteiger partial charge in [0.2, 0.25) is 5.91 Å². The van der Waals surface area contributed by atoms with E-state index >= 15 is 0 Å². The minimum Gasteiger partial charge on any atom is -0.492 e. The lowest BCUT2D eigenvalue weighted by molar-refractivity contribution is -0.117. The van der Waals surface area contributed by atoms with Crippen LogP contribution in [0.1, 0.15) is 25.1 Å². The Bertz CT molecular complexity index is 932. The van der Waals surface area contributed by atoms with E-state index in [-0.39, 0.29) is 11.8 Å². The molecule has 1 saturated heterocycles. The summed E-state index contributed by atoms with van der Waals surface area (Å²) in [5.41, 5.74) is 2.91. The highest BCUT2D eigenvalue weighted by Gasteiger charge is 2.35. The average Bonchev–Trinajstić information content (AvgIpc) is 3.17. The van der Waals surface area contributed by atoms with E-state index in [4.69, 9.17) is 9.72 Å². The van der Waals surface area contributed by atoms with Crippen molar-refractivity contribution >= 4 is 22.6 Å². The molecule has 25 heavy (non-hydrogen) atoms. The van der Waals surface area contributed by atoms with Gasteiger partial charge in [-0.05, 0) is 31.2 Å². The van der Waals surface area contributed by atoms with Crippen molar-refractivity contribution in [1.82, 2.24) is 9.55 Å². The van der Waals surface area contributed by atoms with Crippen LogP contribution in [-0.4, -0.2) is 28.6 Å². The fraction of sp³-hybridized carbons (Fsp3) is 0.300. The number of anilines is 1. The molecule has 3 aromatic rings. The number of rotatable bonds is 4. The predicted molar refractivity (Wildman–Crippen MR) is 98.0 cm³/mol. The van der Waals surface area contributed by atoms with Crippen LogP contribution in [0.4, 0.5) is 5.69 Å². The zero-order valence-electron chi connectivity index (χ0n) is 14.5. The standard InChI is InChI=1S/C20H21N3O2/c1-3-25-18-11-7-6-10-17(18)23-13-14(12-19(23)24)20-21-15-8-4-5-9-16(15)22(20)2/h4-11,14H,3,12-13H2,1-2H3. The Balaban J connectivity index is 1.67. The number of carbonyl (C=O) groups is 1. The Labute approximate surface area is 146 Å². The van der Waals surface area contributed by atoms with E-state index in [0.717, 1.165) is 28.3 Å². The number of nitrogens with zero attached hydrogens (tertiary/aromatic N) is 3. The highest BCUT2D eigenvalue weighted by Crippen LogP contribution is 2.36. The monoisotopic (exact) mass is 335 g/mol. The van der Waals surface area contributed by atoms with Crippen LogP contribution in [0.5, 0.6) is 5.75 Å². The third kappa shape index (κ3) is 2.65. The zero-order chi connectivity index (χ0) is 17.4. The summed E-state index contributed by atoms with van der Waals surface area (Å²) >= 11 is 0. The lowest BCUT2D eigenvalue weighted by atomic mass is 10.1. The molecule has 1 aliphatic heterocycles. The van der Waals surface area contributed by atoms with E-state index < -0.39 is 0 Å². The lowest BCUT2D eigenvalue weighted by Crippen LogP contribution is -2.25. The zero-order valence-corrected chi connectivity index (χ0v) is 14.5. The van der Waals surface area contributed by atoms with Gasteiger partial charge in [-0.2, -0.15) is 0 Å². The Hall–Kier alpha value is -2.82. The summed E-state index contributed by atoms with van der Waals surface area (Å²) in [7, 11) is 2.02. The first-order valence-corrected chi connectivity index (χ1v) is 8.62. The Kier molecular flexibility index (Phi) is 3.92. The summed E-state index contributed by atoms with van der Waals surface area (Å²) in [4.78, 5) is 19.3. The Morgan fingerprint density at radius 2 is 1.92 bits per heavy atom. The second kappa shape index (κ2) is 6.24. The number of carbonyl (C=O) groups excluding carboxylic acids is 1. The van der Waals surface area contributed by atoms with Gasteiger partial charge in [0.15, 0.2) is 0 Å². The van der Waals surface area contributed by atoms with Crippen molar-refractivity contribution in [2.75, 3.05) is 18.1 Å². The average molecular weight is 335 g/mol. The van der Waals surface area contributed by atoms with Gasteiger partial charge in [0.25, 0.3) is 0 Å². The Morgan fingerprint density at radius 3 is 2.72 bits per heavy atom. The number of hydrogen-bond donors (Lipinski definition) is 0. The molecule has 128 valence electrons. The van der Waals surface area contributed by atoms with Crippen LogP contribution < -0.4 is 9.64 Å². The third-order valence-corrected chi connectivity index (χ3v) is 4.77. The van der Waals surface area contributed by atoms with Crippen molar-refractivity contribution in [3.63, 3.8) is 0 Å². The van der Waals surface area contributed by atoms with Crippen LogP contribution >= 0.6 is 0 Å². The van der Waals surface area contributed by atoms with Crippen LogP contribution in [0, 0.1) is 0 Å². The fourth-order valence-corrected chi connectivity index (χ4v) is 3.60. The smallest absolute Gasteiger partial charge is 0.227 e. The molecule has 2 aromatic carbocycles. The van der Waals surface area contributed by atoms with E-state index in [1.807, 2.05) is 61.3 Å². The number of ether oxygens (including phenoxy) is 1. The highest BCUT2D eigenvalue weighted by molar-refractivity contribution is 5.97. The third-order valence-electron chi connectivity index (χ3n) is 4.77. The SMILES string of the molecule is CCOc1ccccc1N1CC(c2nc3ccccc3n2C)CC1=O. The molecule has 4 rings (SSSR count). The number of aromatic nitrogens is 2. The van der Waals surface area contributed by atoms with Crippen molar-refractivity contribution < 1.29 is 9.53 Å². The molecule has 1 atom stereocenters. The van der Waals surface area contributed by atoms with Gasteiger partial charge in [0.05, 0.1) is 23.3 Å². The van der Waals surface area contributed by atoms with Crippen LogP contribution in [-0.2, 0) is 11.8 Å². The number of fused-ring (bicyclic) bond motifs is 1. The normalized spacial score (nSPS) is 17.4. The van der Waals surface area contributed by atoms with Gasteiger partial charge in [0.1, 0.15) is 11.6 Å².